The largest absolute Gasteiger partial charge is 0.405 e. The summed E-state index contributed by atoms with van der Waals surface area (Å²) < 4.78 is 40.6. The second kappa shape index (κ2) is 12.2. The summed E-state index contributed by atoms with van der Waals surface area (Å²) in [6.45, 7) is 7.11. The molecule has 0 aromatic rings. The van der Waals surface area contributed by atoms with Crippen LogP contribution in [-0.4, -0.2) is 116 Å². The number of piperidine rings is 1. The van der Waals surface area contributed by atoms with E-state index in [0.29, 0.717) is 43.6 Å². The van der Waals surface area contributed by atoms with Gasteiger partial charge >= 0.3 is 6.18 Å². The molecule has 1 amide bonds. The van der Waals surface area contributed by atoms with Crippen molar-refractivity contribution in [1.82, 2.24) is 20.9 Å². The van der Waals surface area contributed by atoms with Crippen LogP contribution in [0.3, 0.4) is 0 Å². The first-order valence-electron chi connectivity index (χ1n) is 13.0. The third kappa shape index (κ3) is 6.69. The summed E-state index contributed by atoms with van der Waals surface area (Å²) in [4.78, 5) is 20.5. The number of rotatable bonds is 8. The number of piperazine rings is 1. The van der Waals surface area contributed by atoms with Crippen molar-refractivity contribution in [3.8, 4) is 0 Å². The smallest absolute Gasteiger partial charge is 0.350 e. The Hall–Kier alpha value is -1.02. The van der Waals surface area contributed by atoms with Crippen molar-refractivity contribution >= 4 is 23.2 Å². The fraction of sp³-hybridized carbons (Fsp3) is 0.913. The van der Waals surface area contributed by atoms with Crippen molar-refractivity contribution in [1.29, 1.82) is 0 Å². The van der Waals surface area contributed by atoms with Gasteiger partial charge in [-0.25, -0.2) is 4.99 Å². The molecule has 208 valence electrons. The van der Waals surface area contributed by atoms with Crippen molar-refractivity contribution in [3.63, 3.8) is 0 Å². The first kappa shape index (κ1) is 29.5. The number of nitrogens with two attached hydrogens (primary N) is 2. The fourth-order valence-electron chi connectivity index (χ4n) is 5.74. The lowest BCUT2D eigenvalue weighted by Crippen LogP contribution is -2.69. The summed E-state index contributed by atoms with van der Waals surface area (Å²) in [6, 6.07) is -2.17. The Morgan fingerprint density at radius 1 is 1.33 bits per heavy atom. The average Bonchev–Trinajstić information content (AvgIpc) is 2.82. The molecule has 7 atom stereocenters. The zero-order chi connectivity index (χ0) is 26.7. The second-order valence-corrected chi connectivity index (χ2v) is 11.1. The number of hydrogen-bond acceptors (Lipinski definition) is 7. The van der Waals surface area contributed by atoms with Gasteiger partial charge in [0.05, 0.1) is 25.8 Å². The highest BCUT2D eigenvalue weighted by Crippen LogP contribution is 2.30. The summed E-state index contributed by atoms with van der Waals surface area (Å²) in [5.41, 5.74) is 13.2. The number of carbonyl (C=O) groups excluding carboxylic acids is 1. The molecule has 0 aromatic carbocycles. The summed E-state index contributed by atoms with van der Waals surface area (Å²) >= 11 is 6.65. The van der Waals surface area contributed by atoms with Gasteiger partial charge < -0.3 is 31.9 Å². The van der Waals surface area contributed by atoms with Crippen LogP contribution in [0, 0.1) is 5.92 Å². The minimum absolute atomic E-state index is 0.143. The highest BCUT2D eigenvalue weighted by molar-refractivity contribution is 6.32. The number of aliphatic imine (C=N–C) groups is 1. The maximum Gasteiger partial charge on any atom is 0.405 e. The van der Waals surface area contributed by atoms with E-state index in [2.05, 4.69) is 22.9 Å². The molecule has 7 unspecified atom stereocenters. The normalized spacial score (nSPS) is 35.4. The van der Waals surface area contributed by atoms with E-state index in [0.717, 1.165) is 18.6 Å². The van der Waals surface area contributed by atoms with Crippen LogP contribution >= 0.6 is 11.6 Å². The lowest BCUT2D eigenvalue weighted by atomic mass is 9.93. The molecule has 0 aromatic heterocycles. The maximum atomic E-state index is 13.7. The number of alkyl halides is 4. The molecule has 3 aliphatic rings. The van der Waals surface area contributed by atoms with Crippen LogP contribution in [0.1, 0.15) is 33.1 Å². The molecule has 36 heavy (non-hydrogen) atoms. The third-order valence-corrected chi connectivity index (χ3v) is 8.38. The highest BCUT2D eigenvalue weighted by Gasteiger charge is 2.49. The monoisotopic (exact) mass is 539 g/mol. The van der Waals surface area contributed by atoms with Crippen molar-refractivity contribution in [2.75, 3.05) is 52.9 Å². The Balaban J connectivity index is 1.82. The van der Waals surface area contributed by atoms with Crippen molar-refractivity contribution in [2.45, 2.75) is 75.1 Å². The lowest BCUT2D eigenvalue weighted by molar-refractivity contribution is -0.934. The van der Waals surface area contributed by atoms with Crippen molar-refractivity contribution < 1.29 is 22.4 Å². The van der Waals surface area contributed by atoms with E-state index in [4.69, 9.17) is 28.1 Å². The minimum atomic E-state index is -4.32. The standard InChI is InChI=1S/C23H42ClF3N8O/c1-4-6-15-14(24)13-35(3,5-2)21(32-15)19(20(28)29)22(36)33-16-11-30-8-7-17(16)34-10-9-31-18(12-34)23(25,26)27/h14,16-21,30-31H,4-13,28-29H2,1-3H3/p+1. The zero-order valence-electron chi connectivity index (χ0n) is 21.5. The maximum absolute atomic E-state index is 13.7. The summed E-state index contributed by atoms with van der Waals surface area (Å²) in [5, 5.41) is 8.71. The van der Waals surface area contributed by atoms with Gasteiger partial charge in [0.25, 0.3) is 0 Å². The van der Waals surface area contributed by atoms with Crippen LogP contribution in [0.15, 0.2) is 4.99 Å². The molecule has 0 bridgehead atoms. The van der Waals surface area contributed by atoms with E-state index in [1.165, 1.54) is 0 Å². The molecule has 3 rings (SSSR count). The minimum Gasteiger partial charge on any atom is -0.350 e. The molecule has 2 fully saturated rings. The molecule has 0 aliphatic carbocycles. The number of hydrogen-bond donors (Lipinski definition) is 5. The van der Waals surface area contributed by atoms with Gasteiger partial charge in [0.2, 0.25) is 5.91 Å². The summed E-state index contributed by atoms with van der Waals surface area (Å²) in [7, 11) is 2.01. The van der Waals surface area contributed by atoms with Gasteiger partial charge in [0, 0.05) is 37.9 Å². The number of nitrogens with zero attached hydrogens (tertiary/aromatic N) is 3. The van der Waals surface area contributed by atoms with E-state index in [1.54, 1.807) is 0 Å². The summed E-state index contributed by atoms with van der Waals surface area (Å²) in [5.74, 6) is -1.12. The zero-order valence-corrected chi connectivity index (χ0v) is 22.3. The Morgan fingerprint density at radius 3 is 2.67 bits per heavy atom. The highest BCUT2D eigenvalue weighted by atomic mass is 35.5. The number of quaternary nitrogens is 1. The Morgan fingerprint density at radius 2 is 2.06 bits per heavy atom. The Bertz CT molecular complexity index is 785. The van der Waals surface area contributed by atoms with Gasteiger partial charge in [-0.05, 0) is 26.3 Å². The molecule has 9 nitrogen and oxygen atoms in total. The number of halogens is 4. The molecule has 13 heteroatoms. The summed E-state index contributed by atoms with van der Waals surface area (Å²) in [6.07, 6.45) is -3.51. The van der Waals surface area contributed by atoms with Gasteiger partial charge in [-0.15, -0.1) is 11.6 Å². The number of nitrogens with one attached hydrogen (secondary N) is 3. The van der Waals surface area contributed by atoms with Crippen LogP contribution in [-0.2, 0) is 4.79 Å². The molecule has 7 N–H and O–H groups in total. The predicted octanol–water partition coefficient (Wildman–Crippen LogP) is 0.184. The molecule has 2 saturated heterocycles. The molecular formula is C23H43ClF3N8O+. The first-order chi connectivity index (χ1) is 16.9. The van der Waals surface area contributed by atoms with Crippen LogP contribution in [0.2, 0.25) is 0 Å². The quantitative estimate of drug-likeness (QED) is 0.170. The SMILES string of the molecule is CCCC1=NC(C(C(=O)NC2CNCCC2N2CCNC(C(F)(F)F)C2)C(N)N)[N+](C)(CC)CC1Cl. The van der Waals surface area contributed by atoms with Gasteiger partial charge in [0.15, 0.2) is 6.17 Å². The van der Waals surface area contributed by atoms with Gasteiger partial charge in [-0.1, -0.05) is 13.3 Å². The Kier molecular flexibility index (Phi) is 10.0. The molecule has 3 heterocycles. The predicted molar refractivity (Wildman–Crippen MR) is 136 cm³/mol. The van der Waals surface area contributed by atoms with E-state index >= 15 is 0 Å². The van der Waals surface area contributed by atoms with Gasteiger partial charge in [-0.2, -0.15) is 13.2 Å². The fourth-order valence-corrected chi connectivity index (χ4v) is 6.22. The molecule has 0 saturated carbocycles. The third-order valence-electron chi connectivity index (χ3n) is 7.99. The average molecular weight is 540 g/mol. The molecule has 3 aliphatic heterocycles. The second-order valence-electron chi connectivity index (χ2n) is 10.6. The molecule has 0 radical (unpaired) electrons. The Labute approximate surface area is 217 Å². The topological polar surface area (TPSA) is 121 Å². The number of carbonyl (C=O) groups is 1. The lowest BCUT2D eigenvalue weighted by Gasteiger charge is -2.47. The van der Waals surface area contributed by atoms with Gasteiger partial charge in [-0.3, -0.25) is 9.69 Å². The van der Waals surface area contributed by atoms with Crippen LogP contribution in [0.5, 0.6) is 0 Å². The van der Waals surface area contributed by atoms with Crippen molar-refractivity contribution in [3.05, 3.63) is 0 Å². The van der Waals surface area contributed by atoms with E-state index < -0.39 is 30.5 Å². The van der Waals surface area contributed by atoms with E-state index in [9.17, 15) is 18.0 Å². The van der Waals surface area contributed by atoms with E-state index in [-0.39, 0.29) is 36.5 Å². The van der Waals surface area contributed by atoms with Crippen molar-refractivity contribution in [2.24, 2.45) is 22.4 Å². The number of amides is 1. The molecule has 0 spiro atoms. The van der Waals surface area contributed by atoms with Gasteiger partial charge in [0.1, 0.15) is 23.9 Å². The first-order valence-corrected chi connectivity index (χ1v) is 13.5. The van der Waals surface area contributed by atoms with Crippen LogP contribution in [0.25, 0.3) is 0 Å². The van der Waals surface area contributed by atoms with Crippen LogP contribution in [0.4, 0.5) is 13.2 Å². The van der Waals surface area contributed by atoms with Crippen LogP contribution < -0.4 is 27.4 Å². The molecular weight excluding hydrogens is 497 g/mol. The van der Waals surface area contributed by atoms with E-state index in [1.807, 2.05) is 18.9 Å².